The highest BCUT2D eigenvalue weighted by Crippen LogP contribution is 2.22. The number of hydrogen-bond donors (Lipinski definition) is 2. The second kappa shape index (κ2) is 8.59. The Kier molecular flexibility index (Phi) is 8.26. The van der Waals surface area contributed by atoms with Gasteiger partial charge in [-0.2, -0.15) is 0 Å². The standard InChI is InChI=1S/C15H29N3O2.ClH/c1-11-6-8-18(12(9-11)10-16)13(19)5-7-17-14(20)15(2,3)4;/h11-12H,5-10,16H2,1-4H3,(H,17,20);1H. The number of likely N-dealkylation sites (tertiary alicyclic amines) is 1. The SMILES string of the molecule is CC1CCN(C(=O)CCNC(=O)C(C)(C)C)C(CN)C1.Cl. The molecule has 0 bridgehead atoms. The molecule has 0 aliphatic carbocycles. The Morgan fingerprint density at radius 2 is 1.95 bits per heavy atom. The summed E-state index contributed by atoms with van der Waals surface area (Å²) in [7, 11) is 0. The van der Waals surface area contributed by atoms with Crippen LogP contribution >= 0.6 is 12.4 Å². The second-order valence-corrected chi connectivity index (χ2v) is 6.86. The van der Waals surface area contributed by atoms with Crippen LogP contribution < -0.4 is 11.1 Å². The zero-order valence-corrected chi connectivity index (χ0v) is 14.5. The van der Waals surface area contributed by atoms with Crippen molar-refractivity contribution in [1.82, 2.24) is 10.2 Å². The summed E-state index contributed by atoms with van der Waals surface area (Å²) < 4.78 is 0. The molecule has 0 aromatic rings. The summed E-state index contributed by atoms with van der Waals surface area (Å²) in [5, 5.41) is 2.82. The van der Waals surface area contributed by atoms with E-state index in [9.17, 15) is 9.59 Å². The van der Waals surface area contributed by atoms with Gasteiger partial charge in [0, 0.05) is 37.5 Å². The number of halogens is 1. The van der Waals surface area contributed by atoms with Gasteiger partial charge in [0.05, 0.1) is 0 Å². The predicted molar refractivity (Wildman–Crippen MR) is 87.3 cm³/mol. The van der Waals surface area contributed by atoms with E-state index in [1.54, 1.807) is 0 Å². The minimum absolute atomic E-state index is 0. The number of nitrogens with one attached hydrogen (secondary N) is 1. The van der Waals surface area contributed by atoms with Crippen LogP contribution in [0, 0.1) is 11.3 Å². The maximum atomic E-state index is 12.2. The van der Waals surface area contributed by atoms with Crippen molar-refractivity contribution in [3.8, 4) is 0 Å². The van der Waals surface area contributed by atoms with Crippen LogP contribution in [0.15, 0.2) is 0 Å². The zero-order chi connectivity index (χ0) is 15.3. The number of carbonyl (C=O) groups is 2. The smallest absolute Gasteiger partial charge is 0.225 e. The molecular weight excluding hydrogens is 290 g/mol. The summed E-state index contributed by atoms with van der Waals surface area (Å²) in [6, 6.07) is 0.157. The summed E-state index contributed by atoms with van der Waals surface area (Å²) in [6.07, 6.45) is 2.37. The average Bonchev–Trinajstić information content (AvgIpc) is 2.36. The lowest BCUT2D eigenvalue weighted by Crippen LogP contribution is -2.50. The Morgan fingerprint density at radius 3 is 2.48 bits per heavy atom. The van der Waals surface area contributed by atoms with Gasteiger partial charge in [0.1, 0.15) is 0 Å². The lowest BCUT2D eigenvalue weighted by atomic mass is 9.92. The first-order valence-electron chi connectivity index (χ1n) is 7.53. The number of amides is 2. The molecule has 1 fully saturated rings. The van der Waals surface area contributed by atoms with E-state index in [4.69, 9.17) is 5.73 Å². The summed E-state index contributed by atoms with van der Waals surface area (Å²) in [5.74, 6) is 0.711. The largest absolute Gasteiger partial charge is 0.355 e. The molecule has 124 valence electrons. The lowest BCUT2D eigenvalue weighted by molar-refractivity contribution is -0.135. The van der Waals surface area contributed by atoms with Gasteiger partial charge in [0.15, 0.2) is 0 Å². The third-order valence-electron chi connectivity index (χ3n) is 3.88. The van der Waals surface area contributed by atoms with Crippen molar-refractivity contribution in [2.75, 3.05) is 19.6 Å². The van der Waals surface area contributed by atoms with Crippen LogP contribution in [0.5, 0.6) is 0 Å². The van der Waals surface area contributed by atoms with E-state index in [2.05, 4.69) is 12.2 Å². The van der Waals surface area contributed by atoms with E-state index in [0.717, 1.165) is 19.4 Å². The molecule has 1 heterocycles. The minimum atomic E-state index is -0.413. The van der Waals surface area contributed by atoms with Crippen molar-refractivity contribution in [2.24, 2.45) is 17.1 Å². The fourth-order valence-corrected chi connectivity index (χ4v) is 2.50. The highest BCUT2D eigenvalue weighted by Gasteiger charge is 2.28. The van der Waals surface area contributed by atoms with E-state index in [-0.39, 0.29) is 30.3 Å². The molecule has 0 spiro atoms. The molecule has 0 saturated carbocycles. The predicted octanol–water partition coefficient (Wildman–Crippen LogP) is 1.55. The molecule has 21 heavy (non-hydrogen) atoms. The van der Waals surface area contributed by atoms with Gasteiger partial charge in [-0.25, -0.2) is 0 Å². The number of nitrogens with zero attached hydrogens (tertiary/aromatic N) is 1. The normalized spacial score (nSPS) is 22.4. The van der Waals surface area contributed by atoms with E-state index >= 15 is 0 Å². The average molecular weight is 320 g/mol. The highest BCUT2D eigenvalue weighted by atomic mass is 35.5. The quantitative estimate of drug-likeness (QED) is 0.825. The van der Waals surface area contributed by atoms with Crippen LogP contribution in [0.25, 0.3) is 0 Å². The number of hydrogen-bond acceptors (Lipinski definition) is 3. The molecule has 1 saturated heterocycles. The van der Waals surface area contributed by atoms with Crippen molar-refractivity contribution < 1.29 is 9.59 Å². The molecule has 2 amide bonds. The summed E-state index contributed by atoms with van der Waals surface area (Å²) in [4.78, 5) is 25.8. The molecule has 5 nitrogen and oxygen atoms in total. The fourth-order valence-electron chi connectivity index (χ4n) is 2.50. The second-order valence-electron chi connectivity index (χ2n) is 6.86. The molecule has 1 rings (SSSR count). The van der Waals surface area contributed by atoms with Crippen LogP contribution in [0.1, 0.15) is 47.0 Å². The first-order valence-corrected chi connectivity index (χ1v) is 7.53. The van der Waals surface area contributed by atoms with Gasteiger partial charge in [-0.3, -0.25) is 9.59 Å². The topological polar surface area (TPSA) is 75.4 Å². The molecule has 0 radical (unpaired) electrons. The minimum Gasteiger partial charge on any atom is -0.355 e. The summed E-state index contributed by atoms with van der Waals surface area (Å²) >= 11 is 0. The molecule has 1 aliphatic heterocycles. The third kappa shape index (κ3) is 6.22. The van der Waals surface area contributed by atoms with Gasteiger partial charge < -0.3 is 16.0 Å². The first-order chi connectivity index (χ1) is 9.25. The van der Waals surface area contributed by atoms with Gasteiger partial charge in [0.25, 0.3) is 0 Å². The van der Waals surface area contributed by atoms with Crippen molar-refractivity contribution in [3.63, 3.8) is 0 Å². The van der Waals surface area contributed by atoms with Crippen molar-refractivity contribution >= 4 is 24.2 Å². The van der Waals surface area contributed by atoms with Crippen LogP contribution in [0.4, 0.5) is 0 Å². The van der Waals surface area contributed by atoms with Crippen LogP contribution in [0.3, 0.4) is 0 Å². The highest BCUT2D eigenvalue weighted by molar-refractivity contribution is 5.85. The van der Waals surface area contributed by atoms with Gasteiger partial charge in [-0.05, 0) is 18.8 Å². The van der Waals surface area contributed by atoms with Crippen molar-refractivity contribution in [2.45, 2.75) is 53.0 Å². The van der Waals surface area contributed by atoms with Gasteiger partial charge in [0.2, 0.25) is 11.8 Å². The molecule has 2 unspecified atom stereocenters. The maximum absolute atomic E-state index is 12.2. The molecule has 0 aromatic heterocycles. The Labute approximate surface area is 134 Å². The van der Waals surface area contributed by atoms with Crippen LogP contribution in [0.2, 0.25) is 0 Å². The Bertz CT molecular complexity index is 355. The molecule has 0 aromatic carbocycles. The molecule has 1 aliphatic rings. The van der Waals surface area contributed by atoms with Gasteiger partial charge in [-0.15, -0.1) is 12.4 Å². The fraction of sp³-hybridized carbons (Fsp3) is 0.867. The van der Waals surface area contributed by atoms with E-state index in [1.165, 1.54) is 0 Å². The van der Waals surface area contributed by atoms with Crippen molar-refractivity contribution in [3.05, 3.63) is 0 Å². The lowest BCUT2D eigenvalue weighted by Gasteiger charge is -2.38. The van der Waals surface area contributed by atoms with Gasteiger partial charge in [-0.1, -0.05) is 27.7 Å². The molecule has 6 heteroatoms. The Balaban J connectivity index is 0.00000400. The molecular formula is C15H30ClN3O2. The van der Waals surface area contributed by atoms with Crippen LogP contribution in [-0.4, -0.2) is 42.4 Å². The number of carbonyl (C=O) groups excluding carboxylic acids is 2. The Morgan fingerprint density at radius 1 is 1.33 bits per heavy atom. The number of nitrogens with two attached hydrogens (primary N) is 1. The number of piperidine rings is 1. The Hall–Kier alpha value is -0.810. The first kappa shape index (κ1) is 20.2. The van der Waals surface area contributed by atoms with E-state index in [1.807, 2.05) is 25.7 Å². The zero-order valence-electron chi connectivity index (χ0n) is 13.6. The van der Waals surface area contributed by atoms with E-state index < -0.39 is 5.41 Å². The van der Waals surface area contributed by atoms with Gasteiger partial charge >= 0.3 is 0 Å². The van der Waals surface area contributed by atoms with Crippen molar-refractivity contribution in [1.29, 1.82) is 0 Å². The summed E-state index contributed by atoms with van der Waals surface area (Å²) in [5.41, 5.74) is 5.35. The summed E-state index contributed by atoms with van der Waals surface area (Å²) in [6.45, 7) is 9.49. The third-order valence-corrected chi connectivity index (χ3v) is 3.88. The van der Waals surface area contributed by atoms with Crippen LogP contribution in [-0.2, 0) is 9.59 Å². The van der Waals surface area contributed by atoms with E-state index in [0.29, 0.717) is 25.4 Å². The molecule has 2 atom stereocenters. The maximum Gasteiger partial charge on any atom is 0.225 e. The monoisotopic (exact) mass is 319 g/mol. The number of rotatable bonds is 4. The molecule has 3 N–H and O–H groups in total.